The van der Waals surface area contributed by atoms with Crippen molar-refractivity contribution in [3.8, 4) is 0 Å². The Bertz CT molecular complexity index is 411. The van der Waals surface area contributed by atoms with Crippen molar-refractivity contribution >= 4 is 23.8 Å². The topological polar surface area (TPSA) is 179 Å². The summed E-state index contributed by atoms with van der Waals surface area (Å²) in [6.45, 7) is 0.771. The van der Waals surface area contributed by atoms with Gasteiger partial charge in [-0.3, -0.25) is 14.4 Å². The van der Waals surface area contributed by atoms with Crippen LogP contribution in [0.5, 0.6) is 0 Å². The summed E-state index contributed by atoms with van der Waals surface area (Å²) in [7, 11) is 0. The second-order valence-corrected chi connectivity index (χ2v) is 4.37. The van der Waals surface area contributed by atoms with E-state index in [2.05, 4.69) is 10.6 Å². The summed E-state index contributed by atoms with van der Waals surface area (Å²) >= 11 is 0. The van der Waals surface area contributed by atoms with Gasteiger partial charge in [0, 0.05) is 6.42 Å². The zero-order chi connectivity index (χ0) is 16.6. The number of carbonyl (C=O) groups excluding carboxylic acids is 2. The Labute approximate surface area is 120 Å². The Kier molecular flexibility index (Phi) is 7.94. The molecule has 21 heavy (non-hydrogen) atoms. The Morgan fingerprint density at radius 2 is 1.76 bits per heavy atom. The molecule has 0 aliphatic rings. The lowest BCUT2D eigenvalue weighted by Crippen LogP contribution is -2.51. The Hall–Kier alpha value is -2.20. The predicted molar refractivity (Wildman–Crippen MR) is 69.1 cm³/mol. The molecule has 0 saturated carbocycles. The highest BCUT2D eigenvalue weighted by Gasteiger charge is 2.22. The van der Waals surface area contributed by atoms with Gasteiger partial charge in [-0.2, -0.15) is 0 Å². The molecule has 7 N–H and O–H groups in total. The summed E-state index contributed by atoms with van der Waals surface area (Å²) in [6.07, 6.45) is -1.80. The lowest BCUT2D eigenvalue weighted by Gasteiger charge is -2.16. The number of aliphatic hydroxyl groups is 1. The molecule has 2 amide bonds. The number of aliphatic carboxylic acids is 2. The number of hydrogen-bond acceptors (Lipinski definition) is 6. The fraction of sp³-hybridized carbons (Fsp3) is 0.636. The molecule has 0 saturated heterocycles. The quantitative estimate of drug-likeness (QED) is 0.265. The first-order valence-electron chi connectivity index (χ1n) is 6.10. The number of carboxylic acid groups (broad SMARTS) is 2. The van der Waals surface area contributed by atoms with Crippen LogP contribution in [0.15, 0.2) is 0 Å². The molecule has 0 aromatic rings. The monoisotopic (exact) mass is 305 g/mol. The summed E-state index contributed by atoms with van der Waals surface area (Å²) in [4.78, 5) is 44.0. The normalized spacial score (nSPS) is 14.6. The first-order chi connectivity index (χ1) is 9.65. The molecule has 0 bridgehead atoms. The van der Waals surface area contributed by atoms with Crippen molar-refractivity contribution in [2.45, 2.75) is 38.0 Å². The van der Waals surface area contributed by atoms with Crippen molar-refractivity contribution in [2.24, 2.45) is 5.73 Å². The molecular weight excluding hydrogens is 286 g/mol. The average Bonchev–Trinajstić information content (AvgIpc) is 2.38. The van der Waals surface area contributed by atoms with Gasteiger partial charge in [0.05, 0.1) is 12.6 Å². The molecule has 10 heteroatoms. The van der Waals surface area contributed by atoms with Crippen molar-refractivity contribution in [1.29, 1.82) is 0 Å². The molecule has 0 unspecified atom stereocenters. The van der Waals surface area contributed by atoms with E-state index in [0.717, 1.165) is 0 Å². The highest BCUT2D eigenvalue weighted by Crippen LogP contribution is 1.98. The molecule has 0 radical (unpaired) electrons. The van der Waals surface area contributed by atoms with Crippen molar-refractivity contribution in [3.63, 3.8) is 0 Å². The fourth-order valence-corrected chi connectivity index (χ4v) is 1.27. The van der Waals surface area contributed by atoms with Crippen molar-refractivity contribution in [1.82, 2.24) is 10.6 Å². The Morgan fingerprint density at radius 3 is 2.19 bits per heavy atom. The molecule has 0 aromatic carbocycles. The third-order valence-electron chi connectivity index (χ3n) is 2.53. The zero-order valence-corrected chi connectivity index (χ0v) is 11.4. The number of nitrogens with one attached hydrogen (secondary N) is 2. The van der Waals surface area contributed by atoms with Crippen LogP contribution in [0, 0.1) is 0 Å². The highest BCUT2D eigenvalue weighted by molar-refractivity contribution is 5.89. The Morgan fingerprint density at radius 1 is 1.19 bits per heavy atom. The molecule has 0 aromatic heterocycles. The van der Waals surface area contributed by atoms with Crippen LogP contribution in [-0.4, -0.2) is 63.8 Å². The maximum atomic E-state index is 11.5. The van der Waals surface area contributed by atoms with E-state index in [0.29, 0.717) is 0 Å². The van der Waals surface area contributed by atoms with E-state index in [1.165, 1.54) is 6.92 Å². The largest absolute Gasteiger partial charge is 0.481 e. The van der Waals surface area contributed by atoms with Crippen molar-refractivity contribution < 1.29 is 34.5 Å². The van der Waals surface area contributed by atoms with Gasteiger partial charge in [0.2, 0.25) is 11.8 Å². The molecular formula is C11H19N3O7. The molecule has 0 heterocycles. The van der Waals surface area contributed by atoms with Crippen molar-refractivity contribution in [3.05, 3.63) is 0 Å². The molecule has 10 nitrogen and oxygen atoms in total. The molecule has 0 aliphatic heterocycles. The van der Waals surface area contributed by atoms with Gasteiger partial charge < -0.3 is 31.7 Å². The molecule has 3 atom stereocenters. The van der Waals surface area contributed by atoms with Gasteiger partial charge in [0.1, 0.15) is 12.1 Å². The third kappa shape index (κ3) is 7.84. The summed E-state index contributed by atoms with van der Waals surface area (Å²) in [5, 5.41) is 30.6. The van der Waals surface area contributed by atoms with Crippen LogP contribution in [-0.2, 0) is 19.2 Å². The van der Waals surface area contributed by atoms with Crippen LogP contribution in [0.25, 0.3) is 0 Å². The highest BCUT2D eigenvalue weighted by atomic mass is 16.4. The number of aliphatic hydroxyl groups excluding tert-OH is 1. The summed E-state index contributed by atoms with van der Waals surface area (Å²) in [6, 6.07) is -2.57. The predicted octanol–water partition coefficient (Wildman–Crippen LogP) is -2.76. The van der Waals surface area contributed by atoms with Gasteiger partial charge >= 0.3 is 11.9 Å². The lowest BCUT2D eigenvalue weighted by molar-refractivity contribution is -0.143. The zero-order valence-electron chi connectivity index (χ0n) is 11.4. The smallest absolute Gasteiger partial charge is 0.326 e. The van der Waals surface area contributed by atoms with E-state index in [4.69, 9.17) is 21.1 Å². The van der Waals surface area contributed by atoms with Gasteiger partial charge in [-0.25, -0.2) is 4.79 Å². The standard InChI is InChI=1S/C11H19N3O7/c1-5(15)9(12)10(19)13-4-7(16)14-6(11(20)21)2-3-8(17)18/h5-6,9,15H,2-4,12H2,1H3,(H,13,19)(H,14,16)(H,17,18)(H,20,21)/t5-,6+,9+/m1/s1. The van der Waals surface area contributed by atoms with Gasteiger partial charge in [-0.05, 0) is 13.3 Å². The number of carboxylic acids is 2. The van der Waals surface area contributed by atoms with Gasteiger partial charge in [-0.1, -0.05) is 0 Å². The molecule has 0 fully saturated rings. The van der Waals surface area contributed by atoms with Crippen molar-refractivity contribution in [2.75, 3.05) is 6.54 Å². The van der Waals surface area contributed by atoms with Crippen LogP contribution < -0.4 is 16.4 Å². The maximum Gasteiger partial charge on any atom is 0.326 e. The number of nitrogens with two attached hydrogens (primary N) is 1. The molecule has 0 spiro atoms. The second-order valence-electron chi connectivity index (χ2n) is 4.37. The molecule has 0 aliphatic carbocycles. The van der Waals surface area contributed by atoms with Crippen LogP contribution in [0.3, 0.4) is 0 Å². The second kappa shape index (κ2) is 8.87. The first kappa shape index (κ1) is 18.8. The van der Waals surface area contributed by atoms with Gasteiger partial charge in [0.25, 0.3) is 0 Å². The number of amides is 2. The van der Waals surface area contributed by atoms with Gasteiger partial charge in [0.15, 0.2) is 0 Å². The van der Waals surface area contributed by atoms with E-state index in [-0.39, 0.29) is 6.42 Å². The van der Waals surface area contributed by atoms with Crippen LogP contribution >= 0.6 is 0 Å². The third-order valence-corrected chi connectivity index (χ3v) is 2.53. The first-order valence-corrected chi connectivity index (χ1v) is 6.10. The van der Waals surface area contributed by atoms with E-state index in [9.17, 15) is 19.2 Å². The van der Waals surface area contributed by atoms with Crippen LogP contribution in [0.4, 0.5) is 0 Å². The van der Waals surface area contributed by atoms with Gasteiger partial charge in [-0.15, -0.1) is 0 Å². The van der Waals surface area contributed by atoms with Crippen LogP contribution in [0.2, 0.25) is 0 Å². The lowest BCUT2D eigenvalue weighted by atomic mass is 10.1. The molecule has 120 valence electrons. The average molecular weight is 305 g/mol. The maximum absolute atomic E-state index is 11.5. The number of rotatable bonds is 9. The van der Waals surface area contributed by atoms with E-state index < -0.39 is 54.9 Å². The summed E-state index contributed by atoms with van der Waals surface area (Å²) < 4.78 is 0. The van der Waals surface area contributed by atoms with Crippen LogP contribution in [0.1, 0.15) is 19.8 Å². The summed E-state index contributed by atoms with van der Waals surface area (Å²) in [5.41, 5.74) is 5.32. The number of carbonyl (C=O) groups is 4. The van der Waals surface area contributed by atoms with E-state index in [1.54, 1.807) is 0 Å². The minimum absolute atomic E-state index is 0.280. The Balaban J connectivity index is 4.29. The minimum atomic E-state index is -1.38. The number of hydrogen-bond donors (Lipinski definition) is 6. The van der Waals surface area contributed by atoms with E-state index in [1.807, 2.05) is 0 Å². The molecule has 0 rings (SSSR count). The minimum Gasteiger partial charge on any atom is -0.481 e. The van der Waals surface area contributed by atoms with E-state index >= 15 is 0 Å². The summed E-state index contributed by atoms with van der Waals surface area (Å²) in [5.74, 6) is -4.14. The SMILES string of the molecule is C[C@@H](O)[C@H](N)C(=O)NCC(=O)N[C@@H](CCC(=O)O)C(=O)O. The fourth-order valence-electron chi connectivity index (χ4n) is 1.27.